The predicted molar refractivity (Wildman–Crippen MR) is 155 cm³/mol. The number of hydrogen-bond donors (Lipinski definition) is 1. The van der Waals surface area contributed by atoms with Crippen LogP contribution in [0.3, 0.4) is 0 Å². The monoisotopic (exact) mass is 492 g/mol. The Hall–Kier alpha value is -2.42. The lowest BCUT2D eigenvalue weighted by molar-refractivity contribution is 0.112. The number of hydrogen-bond acceptors (Lipinski definition) is 2. The van der Waals surface area contributed by atoms with Crippen molar-refractivity contribution in [1.29, 1.82) is 0 Å². The van der Waals surface area contributed by atoms with Crippen molar-refractivity contribution < 1.29 is 4.39 Å². The van der Waals surface area contributed by atoms with Crippen molar-refractivity contribution in [3.8, 4) is 0 Å². The van der Waals surface area contributed by atoms with Crippen LogP contribution in [-0.2, 0) is 13.0 Å². The van der Waals surface area contributed by atoms with Gasteiger partial charge in [0.05, 0.1) is 0 Å². The zero-order valence-electron chi connectivity index (χ0n) is 24.2. The van der Waals surface area contributed by atoms with E-state index in [4.69, 9.17) is 0 Å². The molecule has 198 valence electrons. The summed E-state index contributed by atoms with van der Waals surface area (Å²) in [4.78, 5) is 4.68. The molecule has 0 radical (unpaired) electrons. The van der Waals surface area contributed by atoms with Gasteiger partial charge in [0.2, 0.25) is 0 Å². The highest BCUT2D eigenvalue weighted by Crippen LogP contribution is 2.33. The maximum Gasteiger partial charge on any atom is 0.111 e. The summed E-state index contributed by atoms with van der Waals surface area (Å²) >= 11 is 0. The average Bonchev–Trinajstić information content (AvgIpc) is 3.63. The second-order valence-electron chi connectivity index (χ2n) is 11.1. The summed E-state index contributed by atoms with van der Waals surface area (Å²) in [5.74, 6) is 0.00321. The van der Waals surface area contributed by atoms with Crippen LogP contribution in [0.15, 0.2) is 70.6 Å². The van der Waals surface area contributed by atoms with Crippen molar-refractivity contribution in [3.63, 3.8) is 0 Å². The summed E-state index contributed by atoms with van der Waals surface area (Å²) in [5, 5.41) is 3.54. The SMILES string of the molecule is C=C(C=C1CC1)C(=C/NCc1cnc(CCC(C)(F)C(C)C)c(C)c1)/C(/C=C(/C)CCC)=C(/C)CC. The molecule has 1 aliphatic carbocycles. The molecule has 0 aromatic carbocycles. The number of allylic oxidation sites excluding steroid dienone is 8. The summed E-state index contributed by atoms with van der Waals surface area (Å²) < 4.78 is 14.7. The molecule has 1 N–H and O–H groups in total. The largest absolute Gasteiger partial charge is 0.386 e. The van der Waals surface area contributed by atoms with Crippen molar-refractivity contribution >= 4 is 0 Å². The maximum absolute atomic E-state index is 14.7. The first-order valence-corrected chi connectivity index (χ1v) is 13.8. The number of nitrogens with one attached hydrogen (secondary N) is 1. The lowest BCUT2D eigenvalue weighted by Crippen LogP contribution is -2.26. The Labute approximate surface area is 220 Å². The van der Waals surface area contributed by atoms with Crippen LogP contribution in [0.5, 0.6) is 0 Å². The number of halogens is 1. The van der Waals surface area contributed by atoms with E-state index in [1.807, 2.05) is 20.0 Å². The van der Waals surface area contributed by atoms with E-state index < -0.39 is 5.67 Å². The molecule has 0 bridgehead atoms. The first-order chi connectivity index (χ1) is 17.0. The fourth-order valence-electron chi connectivity index (χ4n) is 4.16. The minimum Gasteiger partial charge on any atom is -0.386 e. The van der Waals surface area contributed by atoms with Crippen LogP contribution in [0.2, 0.25) is 0 Å². The molecular formula is C33H49FN2. The Balaban J connectivity index is 2.23. The highest BCUT2D eigenvalue weighted by Gasteiger charge is 2.27. The third-order valence-electron chi connectivity index (χ3n) is 7.43. The first kappa shape index (κ1) is 29.8. The van der Waals surface area contributed by atoms with Crippen molar-refractivity contribution in [1.82, 2.24) is 10.3 Å². The number of aryl methyl sites for hydroxylation is 2. The van der Waals surface area contributed by atoms with Gasteiger partial charge in [-0.25, -0.2) is 4.39 Å². The molecule has 2 rings (SSSR count). The Bertz CT molecular complexity index is 1030. The fourth-order valence-corrected chi connectivity index (χ4v) is 4.16. The van der Waals surface area contributed by atoms with Crippen LogP contribution in [0, 0.1) is 12.8 Å². The van der Waals surface area contributed by atoms with Crippen LogP contribution < -0.4 is 5.32 Å². The van der Waals surface area contributed by atoms with Gasteiger partial charge in [-0.15, -0.1) is 0 Å². The third kappa shape index (κ3) is 9.22. The minimum absolute atomic E-state index is 0.00321. The van der Waals surface area contributed by atoms with Crippen LogP contribution in [0.25, 0.3) is 0 Å². The molecule has 1 aliphatic rings. The van der Waals surface area contributed by atoms with Gasteiger partial charge in [-0.1, -0.05) is 75.6 Å². The summed E-state index contributed by atoms with van der Waals surface area (Å²) in [6, 6.07) is 2.17. The Morgan fingerprint density at radius 3 is 2.50 bits per heavy atom. The molecule has 1 saturated carbocycles. The Morgan fingerprint density at radius 1 is 1.25 bits per heavy atom. The molecule has 2 nitrogen and oxygen atoms in total. The fraction of sp³-hybridized carbons (Fsp3) is 0.545. The van der Waals surface area contributed by atoms with Crippen LogP contribution >= 0.6 is 0 Å². The molecule has 0 saturated heterocycles. The summed E-state index contributed by atoms with van der Waals surface area (Å²) in [6.07, 6.45) is 15.5. The van der Waals surface area contributed by atoms with Gasteiger partial charge in [0.15, 0.2) is 0 Å². The van der Waals surface area contributed by atoms with Gasteiger partial charge < -0.3 is 5.32 Å². The lowest BCUT2D eigenvalue weighted by atomic mass is 9.88. The smallest absolute Gasteiger partial charge is 0.111 e. The van der Waals surface area contributed by atoms with E-state index in [2.05, 4.69) is 75.9 Å². The molecule has 36 heavy (non-hydrogen) atoms. The summed E-state index contributed by atoms with van der Waals surface area (Å²) in [7, 11) is 0. The summed E-state index contributed by atoms with van der Waals surface area (Å²) in [6.45, 7) is 21.7. The molecule has 0 aliphatic heterocycles. The number of alkyl halides is 1. The first-order valence-electron chi connectivity index (χ1n) is 13.8. The predicted octanol–water partition coefficient (Wildman–Crippen LogP) is 9.43. The van der Waals surface area contributed by atoms with Crippen molar-refractivity contribution in [2.45, 2.75) is 113 Å². The van der Waals surface area contributed by atoms with E-state index >= 15 is 0 Å². The molecule has 0 amide bonds. The molecule has 1 heterocycles. The molecule has 1 aromatic heterocycles. The maximum atomic E-state index is 14.7. The Kier molecular flexibility index (Phi) is 11.4. The molecule has 1 aromatic rings. The zero-order chi connectivity index (χ0) is 26.9. The van der Waals surface area contributed by atoms with E-state index in [-0.39, 0.29) is 5.92 Å². The number of rotatable bonds is 14. The second-order valence-corrected chi connectivity index (χ2v) is 11.1. The van der Waals surface area contributed by atoms with E-state index in [0.717, 1.165) is 41.7 Å². The van der Waals surface area contributed by atoms with Crippen LogP contribution in [-0.4, -0.2) is 10.7 Å². The van der Waals surface area contributed by atoms with Crippen LogP contribution in [0.4, 0.5) is 4.39 Å². The number of nitrogens with zero attached hydrogens (tertiary/aromatic N) is 1. The second kappa shape index (κ2) is 13.8. The van der Waals surface area contributed by atoms with Crippen LogP contribution in [0.1, 0.15) is 104 Å². The highest BCUT2D eigenvalue weighted by molar-refractivity contribution is 5.58. The van der Waals surface area contributed by atoms with Gasteiger partial charge in [0.25, 0.3) is 0 Å². The van der Waals surface area contributed by atoms with E-state index in [9.17, 15) is 4.39 Å². The summed E-state index contributed by atoms with van der Waals surface area (Å²) in [5.41, 5.74) is 9.84. The molecule has 3 heteroatoms. The molecule has 1 atom stereocenters. The third-order valence-corrected chi connectivity index (χ3v) is 7.43. The highest BCUT2D eigenvalue weighted by atomic mass is 19.1. The molecule has 1 unspecified atom stereocenters. The Morgan fingerprint density at radius 2 is 1.94 bits per heavy atom. The van der Waals surface area contributed by atoms with Gasteiger partial charge in [-0.05, 0) is 94.4 Å². The number of aromatic nitrogens is 1. The van der Waals surface area contributed by atoms with E-state index in [1.54, 1.807) is 6.92 Å². The standard InChI is InChI=1S/C33H49FN2/c1-10-12-24(5)17-30(25(6)11-2)31(26(7)18-28-13-14-28)22-35-20-29-19-27(8)32(36-21-29)15-16-33(9,34)23(3)4/h17-19,21-23,35H,7,10-16,20H2,1-6,8-9H3/b24-17-,30-25-,31-22-. The van der Waals surface area contributed by atoms with E-state index in [0.29, 0.717) is 19.4 Å². The quantitative estimate of drug-likeness (QED) is 0.262. The average molecular weight is 493 g/mol. The number of pyridine rings is 1. The van der Waals surface area contributed by atoms with Crippen molar-refractivity contribution in [3.05, 3.63) is 87.5 Å². The molecule has 1 fully saturated rings. The van der Waals surface area contributed by atoms with Crippen molar-refractivity contribution in [2.75, 3.05) is 0 Å². The zero-order valence-corrected chi connectivity index (χ0v) is 24.2. The molecule has 0 spiro atoms. The normalized spacial score (nSPS) is 16.6. The van der Waals surface area contributed by atoms with E-state index in [1.165, 1.54) is 40.7 Å². The minimum atomic E-state index is -1.17. The van der Waals surface area contributed by atoms with Gasteiger partial charge in [-0.3, -0.25) is 4.98 Å². The molecular weight excluding hydrogens is 443 g/mol. The van der Waals surface area contributed by atoms with Gasteiger partial charge in [0, 0.05) is 30.2 Å². The van der Waals surface area contributed by atoms with Gasteiger partial charge >= 0.3 is 0 Å². The lowest BCUT2D eigenvalue weighted by Gasteiger charge is -2.24. The van der Waals surface area contributed by atoms with Gasteiger partial charge in [0.1, 0.15) is 5.67 Å². The van der Waals surface area contributed by atoms with Gasteiger partial charge in [-0.2, -0.15) is 0 Å². The topological polar surface area (TPSA) is 24.9 Å². The van der Waals surface area contributed by atoms with Crippen molar-refractivity contribution in [2.24, 2.45) is 5.92 Å².